The van der Waals surface area contributed by atoms with Gasteiger partial charge in [-0.2, -0.15) is 13.2 Å². The minimum Gasteiger partial charge on any atom is -0.493 e. The van der Waals surface area contributed by atoms with Crippen molar-refractivity contribution in [2.24, 2.45) is 11.8 Å². The second kappa shape index (κ2) is 12.0. The van der Waals surface area contributed by atoms with Crippen molar-refractivity contribution in [3.05, 3.63) is 71.0 Å². The van der Waals surface area contributed by atoms with Gasteiger partial charge in [0.05, 0.1) is 25.3 Å². The summed E-state index contributed by atoms with van der Waals surface area (Å²) >= 11 is 0. The smallest absolute Gasteiger partial charge is 0.416 e. The summed E-state index contributed by atoms with van der Waals surface area (Å²) in [7, 11) is 1.64. The number of hydrogen-bond donors (Lipinski definition) is 0. The first-order valence-electron chi connectivity index (χ1n) is 15.8. The van der Waals surface area contributed by atoms with Crippen LogP contribution in [0, 0.1) is 23.7 Å². The van der Waals surface area contributed by atoms with E-state index in [1.807, 2.05) is 24.8 Å². The van der Waals surface area contributed by atoms with Gasteiger partial charge in [-0.3, -0.25) is 14.5 Å². The number of alkyl halides is 3. The van der Waals surface area contributed by atoms with Gasteiger partial charge in [0.2, 0.25) is 0 Å². The molecule has 4 aliphatic rings. The number of piperidine rings is 1. The highest BCUT2D eigenvalue weighted by atomic mass is 19.4. The monoisotopic (exact) mass is 636 g/mol. The number of benzene rings is 2. The Morgan fingerprint density at radius 1 is 1.17 bits per heavy atom. The summed E-state index contributed by atoms with van der Waals surface area (Å²) in [6, 6.07) is 8.50. The number of nitrogens with zero attached hydrogens (tertiary/aromatic N) is 2. The lowest BCUT2D eigenvalue weighted by Crippen LogP contribution is -2.69. The highest BCUT2D eigenvalue weighted by Gasteiger charge is 2.66. The van der Waals surface area contributed by atoms with E-state index in [0.717, 1.165) is 43.7 Å². The summed E-state index contributed by atoms with van der Waals surface area (Å²) in [6.07, 6.45) is -1.60. The number of halogens is 3. The van der Waals surface area contributed by atoms with Gasteiger partial charge in [0.15, 0.2) is 11.5 Å². The van der Waals surface area contributed by atoms with Gasteiger partial charge in [-0.15, -0.1) is 0 Å². The molecule has 7 nitrogen and oxygen atoms in total. The van der Waals surface area contributed by atoms with Gasteiger partial charge in [-0.1, -0.05) is 32.4 Å². The minimum absolute atomic E-state index is 0.147. The van der Waals surface area contributed by atoms with Crippen molar-refractivity contribution in [1.82, 2.24) is 9.80 Å². The molecule has 0 N–H and O–H groups in total. The number of esters is 1. The topological polar surface area (TPSA) is 68.3 Å². The molecule has 0 aromatic heterocycles. The van der Waals surface area contributed by atoms with Crippen molar-refractivity contribution < 1.29 is 37.0 Å². The Bertz CT molecular complexity index is 1610. The van der Waals surface area contributed by atoms with Gasteiger partial charge in [-0.25, -0.2) is 0 Å². The van der Waals surface area contributed by atoms with E-state index < -0.39 is 11.7 Å². The molecule has 2 aromatic rings. The van der Waals surface area contributed by atoms with Gasteiger partial charge in [-0.05, 0) is 80.0 Å². The molecule has 1 saturated carbocycles. The van der Waals surface area contributed by atoms with Crippen LogP contribution in [-0.4, -0.2) is 66.6 Å². The first kappa shape index (κ1) is 32.0. The van der Waals surface area contributed by atoms with E-state index in [9.17, 15) is 22.8 Å². The fourth-order valence-electron chi connectivity index (χ4n) is 8.43. The molecule has 2 aliphatic heterocycles. The van der Waals surface area contributed by atoms with Crippen molar-refractivity contribution in [2.75, 3.05) is 26.7 Å². The van der Waals surface area contributed by atoms with Crippen molar-refractivity contribution in [1.29, 1.82) is 0 Å². The molecule has 2 aromatic carbocycles. The summed E-state index contributed by atoms with van der Waals surface area (Å²) in [5.74, 6) is 7.02. The van der Waals surface area contributed by atoms with Crippen LogP contribution in [0.15, 0.2) is 48.7 Å². The van der Waals surface area contributed by atoms with Crippen LogP contribution in [0.5, 0.6) is 11.5 Å². The molecule has 2 fully saturated rings. The highest BCUT2D eigenvalue weighted by Crippen LogP contribution is 2.64. The van der Waals surface area contributed by atoms with E-state index in [4.69, 9.17) is 14.2 Å². The van der Waals surface area contributed by atoms with E-state index in [1.165, 1.54) is 30.2 Å². The van der Waals surface area contributed by atoms with Crippen LogP contribution in [-0.2, 0) is 32.3 Å². The Morgan fingerprint density at radius 3 is 2.57 bits per heavy atom. The number of rotatable bonds is 7. The lowest BCUT2D eigenvalue weighted by molar-refractivity contribution is -0.140. The average Bonchev–Trinajstić information content (AvgIpc) is 3.34. The molecule has 2 bridgehead atoms. The minimum atomic E-state index is -4.44. The number of hydrogen-bond acceptors (Lipinski definition) is 6. The number of likely N-dealkylation sites (tertiary alicyclic amines) is 1. The largest absolute Gasteiger partial charge is 0.493 e. The van der Waals surface area contributed by atoms with Crippen LogP contribution in [0.1, 0.15) is 62.3 Å². The Hall–Kier alpha value is -3.97. The number of methoxy groups -OCH3 is 1. The second-order valence-electron chi connectivity index (χ2n) is 13.3. The van der Waals surface area contributed by atoms with E-state index in [-0.39, 0.29) is 47.3 Å². The van der Waals surface area contributed by atoms with Crippen LogP contribution in [0.25, 0.3) is 0 Å². The summed E-state index contributed by atoms with van der Waals surface area (Å²) in [5.41, 5.74) is 1.62. The zero-order valence-electron chi connectivity index (χ0n) is 26.6. The third-order valence-corrected chi connectivity index (χ3v) is 10.0. The maximum absolute atomic E-state index is 13.9. The molecule has 10 heteroatoms. The number of amides is 1. The summed E-state index contributed by atoms with van der Waals surface area (Å²) in [4.78, 5) is 29.7. The molecular weight excluding hydrogens is 597 g/mol. The first-order chi connectivity index (χ1) is 21.8. The maximum Gasteiger partial charge on any atom is 0.416 e. The predicted octanol–water partition coefficient (Wildman–Crippen LogP) is 5.73. The number of ether oxygens (including phenoxy) is 3. The summed E-state index contributed by atoms with van der Waals surface area (Å²) < 4.78 is 57.2. The Kier molecular flexibility index (Phi) is 8.34. The molecule has 2 heterocycles. The van der Waals surface area contributed by atoms with Crippen molar-refractivity contribution in [2.45, 2.75) is 76.2 Å². The zero-order valence-corrected chi connectivity index (χ0v) is 26.6. The van der Waals surface area contributed by atoms with Crippen LogP contribution in [0.3, 0.4) is 0 Å². The van der Waals surface area contributed by atoms with Gasteiger partial charge >= 0.3 is 12.1 Å². The van der Waals surface area contributed by atoms with Crippen LogP contribution in [0.4, 0.5) is 13.2 Å². The fourth-order valence-corrected chi connectivity index (χ4v) is 8.43. The van der Waals surface area contributed by atoms with E-state index in [0.29, 0.717) is 36.6 Å². The van der Waals surface area contributed by atoms with Crippen LogP contribution < -0.4 is 9.47 Å². The molecule has 1 amide bonds. The predicted molar refractivity (Wildman–Crippen MR) is 165 cm³/mol. The fraction of sp³-hybridized carbons (Fsp3) is 0.500. The number of carbonyl (C=O) groups is 2. The molecule has 0 radical (unpaired) electrons. The van der Waals surface area contributed by atoms with E-state index in [1.54, 1.807) is 7.11 Å². The SMILES string of the molecule is C=C(CN1CC[C@]23c4c5ccc(OC)c4O[C@H]2[C@H](N(CC(C)C)C(=O)C#Cc2ccc(C(F)(F)F)cc2)CC[C@H]3[C@H]1C5)OC(C)=O. The molecule has 6 rings (SSSR count). The summed E-state index contributed by atoms with van der Waals surface area (Å²) in [6.45, 7) is 11.1. The van der Waals surface area contributed by atoms with Crippen LogP contribution in [0.2, 0.25) is 0 Å². The molecule has 0 unspecified atom stereocenters. The van der Waals surface area contributed by atoms with Crippen molar-refractivity contribution >= 4 is 11.9 Å². The third-order valence-electron chi connectivity index (χ3n) is 10.0. The van der Waals surface area contributed by atoms with E-state index >= 15 is 0 Å². The average molecular weight is 637 g/mol. The molecule has 2 aliphatic carbocycles. The van der Waals surface area contributed by atoms with Gasteiger partial charge < -0.3 is 19.1 Å². The third kappa shape index (κ3) is 5.53. The van der Waals surface area contributed by atoms with E-state index in [2.05, 4.69) is 29.4 Å². The summed E-state index contributed by atoms with van der Waals surface area (Å²) in [5, 5.41) is 0. The molecule has 1 spiro atoms. The van der Waals surface area contributed by atoms with Gasteiger partial charge in [0, 0.05) is 42.0 Å². The zero-order chi connectivity index (χ0) is 33.0. The molecular formula is C36H39F3N2O5. The lowest BCUT2D eigenvalue weighted by Gasteiger charge is -2.60. The van der Waals surface area contributed by atoms with Gasteiger partial charge in [0.1, 0.15) is 11.9 Å². The first-order valence-corrected chi connectivity index (χ1v) is 15.8. The van der Waals surface area contributed by atoms with Crippen LogP contribution >= 0.6 is 0 Å². The molecule has 244 valence electrons. The standard InChI is InChI=1S/C36H39F3N2O5/c1-21(2)19-41(31(43)15-8-24-6-10-26(11-7-24)36(37,38)39)28-13-12-27-29-18-25-9-14-30(44-5)33-32(25)35(27,34(28)46-33)16-17-40(29)20-22(3)45-23(4)42/h6-7,9-11,14,21,27-29,34H,3,12-13,16-20H2,1-2,4-5H3/t27-,28+,29+,34-,35-/m0/s1. The Morgan fingerprint density at radius 2 is 1.91 bits per heavy atom. The molecule has 46 heavy (non-hydrogen) atoms. The second-order valence-corrected chi connectivity index (χ2v) is 13.3. The van der Waals surface area contributed by atoms with Crippen molar-refractivity contribution in [3.8, 4) is 23.3 Å². The lowest BCUT2D eigenvalue weighted by atomic mass is 9.51. The Balaban J connectivity index is 1.34. The normalized spacial score (nSPS) is 25.9. The highest BCUT2D eigenvalue weighted by molar-refractivity contribution is 5.94. The maximum atomic E-state index is 13.9. The van der Waals surface area contributed by atoms with Crippen molar-refractivity contribution in [3.63, 3.8) is 0 Å². The number of carbonyl (C=O) groups excluding carboxylic acids is 2. The molecule has 1 saturated heterocycles. The molecule has 5 atom stereocenters. The Labute approximate surface area is 267 Å². The van der Waals surface area contributed by atoms with Gasteiger partial charge in [0.25, 0.3) is 5.91 Å². The quantitative estimate of drug-likeness (QED) is 0.220.